The van der Waals surface area contributed by atoms with Gasteiger partial charge in [0.1, 0.15) is 5.69 Å². The van der Waals surface area contributed by atoms with Crippen molar-refractivity contribution in [3.05, 3.63) is 78.2 Å². The largest absolute Gasteiger partial charge is 0.353 e. The van der Waals surface area contributed by atoms with Crippen molar-refractivity contribution in [2.24, 2.45) is 5.92 Å². The summed E-state index contributed by atoms with van der Waals surface area (Å²) in [5.41, 5.74) is 7.14. The van der Waals surface area contributed by atoms with Gasteiger partial charge in [-0.15, -0.1) is 11.3 Å². The molecule has 0 radical (unpaired) electrons. The number of pyridine rings is 1. The first kappa shape index (κ1) is 21.0. The van der Waals surface area contributed by atoms with Crippen LogP contribution in [-0.2, 0) is 4.79 Å². The van der Waals surface area contributed by atoms with E-state index in [-0.39, 0.29) is 17.0 Å². The Kier molecular flexibility index (Phi) is 4.75. The number of thiophene rings is 1. The molecule has 0 atom stereocenters. The number of aromatic amines is 2. The molecule has 1 amide bonds. The van der Waals surface area contributed by atoms with Gasteiger partial charge in [0.05, 0.1) is 23.1 Å². The predicted octanol–water partition coefficient (Wildman–Crippen LogP) is 6.99. The van der Waals surface area contributed by atoms with E-state index in [2.05, 4.69) is 37.6 Å². The minimum atomic E-state index is -0.200. The van der Waals surface area contributed by atoms with Gasteiger partial charge in [-0.3, -0.25) is 14.9 Å². The maximum absolute atomic E-state index is 13.7. The zero-order chi connectivity index (χ0) is 24.2. The number of amides is 1. The predicted molar refractivity (Wildman–Crippen MR) is 141 cm³/mol. The van der Waals surface area contributed by atoms with E-state index in [4.69, 9.17) is 0 Å². The van der Waals surface area contributed by atoms with E-state index in [9.17, 15) is 9.18 Å². The third-order valence-electron chi connectivity index (χ3n) is 6.61. The van der Waals surface area contributed by atoms with Gasteiger partial charge in [0.25, 0.3) is 0 Å². The number of fused-ring (bicyclic) bond motifs is 2. The van der Waals surface area contributed by atoms with Crippen LogP contribution in [0, 0.1) is 11.0 Å². The smallest absolute Gasteiger partial charge is 0.227 e. The molecule has 2 aromatic carbocycles. The fourth-order valence-electron chi connectivity index (χ4n) is 4.61. The number of hydrogen-bond donors (Lipinski definition) is 3. The zero-order valence-corrected chi connectivity index (χ0v) is 19.8. The molecule has 1 aliphatic rings. The van der Waals surface area contributed by atoms with Crippen molar-refractivity contribution in [1.82, 2.24) is 20.2 Å². The third-order valence-corrected chi connectivity index (χ3v) is 7.52. The number of carbonyl (C=O) groups is 1. The zero-order valence-electron chi connectivity index (χ0n) is 19.0. The number of carbonyl (C=O) groups excluding carboxylic acids is 1. The van der Waals surface area contributed by atoms with Gasteiger partial charge in [-0.1, -0.05) is 18.2 Å². The molecule has 6 aromatic rings. The topological polar surface area (TPSA) is 86.5 Å². The molecule has 7 rings (SSSR count). The lowest BCUT2D eigenvalue weighted by Gasteiger charge is -2.07. The van der Waals surface area contributed by atoms with Crippen LogP contribution in [0.1, 0.15) is 12.8 Å². The van der Waals surface area contributed by atoms with Crippen LogP contribution < -0.4 is 5.32 Å². The van der Waals surface area contributed by atoms with Crippen molar-refractivity contribution >= 4 is 44.7 Å². The Balaban J connectivity index is 1.28. The van der Waals surface area contributed by atoms with Crippen LogP contribution in [-0.4, -0.2) is 26.1 Å². The standard InChI is InChI=1S/C28H20FN5OS/c29-26-9-8-25(36-26)19-2-1-3-22-20(19)12-24(32-22)27-21-11-16(6-7-23(21)33-34-27)17-10-18(14-30-13-17)31-28(35)15-4-5-15/h1-3,6-15,32H,4-5H2,(H,31,35)(H,33,34). The molecule has 1 aliphatic carbocycles. The van der Waals surface area contributed by atoms with Crippen LogP contribution in [0.4, 0.5) is 10.1 Å². The van der Waals surface area contributed by atoms with E-state index in [0.717, 1.165) is 78.9 Å². The highest BCUT2D eigenvalue weighted by molar-refractivity contribution is 7.14. The van der Waals surface area contributed by atoms with Crippen LogP contribution in [0.25, 0.3) is 54.8 Å². The Labute approximate surface area is 209 Å². The summed E-state index contributed by atoms with van der Waals surface area (Å²) in [5.74, 6) is 0.194. The van der Waals surface area contributed by atoms with Crippen molar-refractivity contribution < 1.29 is 9.18 Å². The summed E-state index contributed by atoms with van der Waals surface area (Å²) in [7, 11) is 0. The minimum absolute atomic E-state index is 0.0602. The lowest BCUT2D eigenvalue weighted by atomic mass is 10.0. The second-order valence-corrected chi connectivity index (χ2v) is 10.1. The lowest BCUT2D eigenvalue weighted by Crippen LogP contribution is -2.13. The van der Waals surface area contributed by atoms with E-state index >= 15 is 0 Å². The van der Waals surface area contributed by atoms with Gasteiger partial charge in [-0.2, -0.15) is 9.49 Å². The molecule has 0 spiro atoms. The Morgan fingerprint density at radius 1 is 0.972 bits per heavy atom. The summed E-state index contributed by atoms with van der Waals surface area (Å²) in [4.78, 5) is 20.9. The number of hydrogen-bond acceptors (Lipinski definition) is 4. The van der Waals surface area contributed by atoms with Crippen molar-refractivity contribution in [3.63, 3.8) is 0 Å². The second kappa shape index (κ2) is 8.13. The third kappa shape index (κ3) is 3.67. The second-order valence-electron chi connectivity index (χ2n) is 9.11. The lowest BCUT2D eigenvalue weighted by molar-refractivity contribution is -0.117. The van der Waals surface area contributed by atoms with Crippen molar-refractivity contribution in [2.45, 2.75) is 12.8 Å². The number of halogens is 1. The average Bonchev–Trinajstić information content (AvgIpc) is 3.30. The number of nitrogens with zero attached hydrogens (tertiary/aromatic N) is 2. The average molecular weight is 494 g/mol. The van der Waals surface area contributed by atoms with Crippen molar-refractivity contribution in [1.29, 1.82) is 0 Å². The quantitative estimate of drug-likeness (QED) is 0.242. The highest BCUT2D eigenvalue weighted by Gasteiger charge is 2.29. The molecule has 4 heterocycles. The van der Waals surface area contributed by atoms with Crippen LogP contribution in [0.15, 0.2) is 73.1 Å². The highest BCUT2D eigenvalue weighted by atomic mass is 32.1. The summed E-state index contributed by atoms with van der Waals surface area (Å²) in [5, 5.41) is 12.5. The molecule has 6 nitrogen and oxygen atoms in total. The Hall–Kier alpha value is -4.30. The molecule has 176 valence electrons. The van der Waals surface area contributed by atoms with Gasteiger partial charge in [-0.25, -0.2) is 0 Å². The van der Waals surface area contributed by atoms with Crippen LogP contribution >= 0.6 is 11.3 Å². The van der Waals surface area contributed by atoms with E-state index in [1.807, 2.05) is 42.5 Å². The fraction of sp³-hybridized carbons (Fsp3) is 0.107. The molecule has 36 heavy (non-hydrogen) atoms. The first-order valence-corrected chi connectivity index (χ1v) is 12.6. The highest BCUT2D eigenvalue weighted by Crippen LogP contribution is 2.37. The monoisotopic (exact) mass is 493 g/mol. The number of H-pyrrole nitrogens is 2. The van der Waals surface area contributed by atoms with E-state index < -0.39 is 0 Å². The summed E-state index contributed by atoms with van der Waals surface area (Å²) in [6.07, 6.45) is 5.38. The molecule has 0 saturated heterocycles. The van der Waals surface area contributed by atoms with Gasteiger partial charge in [0.15, 0.2) is 5.13 Å². The van der Waals surface area contributed by atoms with Crippen LogP contribution in [0.3, 0.4) is 0 Å². The molecule has 0 bridgehead atoms. The van der Waals surface area contributed by atoms with Gasteiger partial charge in [0.2, 0.25) is 5.91 Å². The SMILES string of the molecule is O=C(Nc1cncc(-c2ccc3[nH]nc(-c4cc5c(-c6ccc(F)s6)cccc5[nH]4)c3c2)c1)C1CC1. The van der Waals surface area contributed by atoms with Crippen LogP contribution in [0.5, 0.6) is 0 Å². The minimum Gasteiger partial charge on any atom is -0.353 e. The number of nitrogens with one attached hydrogen (secondary N) is 3. The molecule has 1 saturated carbocycles. The molecule has 3 N–H and O–H groups in total. The van der Waals surface area contributed by atoms with Gasteiger partial charge in [-0.05, 0) is 60.9 Å². The van der Waals surface area contributed by atoms with Gasteiger partial charge in [0, 0.05) is 44.4 Å². The summed E-state index contributed by atoms with van der Waals surface area (Å²) in [6, 6.07) is 19.4. The Morgan fingerprint density at radius 2 is 1.89 bits per heavy atom. The first-order chi connectivity index (χ1) is 17.6. The number of benzene rings is 2. The molecule has 0 aliphatic heterocycles. The summed E-state index contributed by atoms with van der Waals surface area (Å²) in [6.45, 7) is 0. The molecule has 8 heteroatoms. The van der Waals surface area contributed by atoms with Crippen LogP contribution in [0.2, 0.25) is 0 Å². The van der Waals surface area contributed by atoms with E-state index in [1.54, 1.807) is 12.4 Å². The fourth-order valence-corrected chi connectivity index (χ4v) is 5.38. The Morgan fingerprint density at radius 3 is 2.72 bits per heavy atom. The number of anilines is 1. The maximum Gasteiger partial charge on any atom is 0.227 e. The normalized spacial score (nSPS) is 13.5. The Bertz CT molecular complexity index is 1780. The summed E-state index contributed by atoms with van der Waals surface area (Å²) >= 11 is 1.14. The van der Waals surface area contributed by atoms with Gasteiger partial charge >= 0.3 is 0 Å². The first-order valence-electron chi connectivity index (χ1n) is 11.7. The number of rotatable bonds is 5. The van der Waals surface area contributed by atoms with Gasteiger partial charge < -0.3 is 10.3 Å². The maximum atomic E-state index is 13.7. The van der Waals surface area contributed by atoms with Crippen molar-refractivity contribution in [3.8, 4) is 33.0 Å². The number of aromatic nitrogens is 4. The summed E-state index contributed by atoms with van der Waals surface area (Å²) < 4.78 is 13.7. The molecule has 4 aromatic heterocycles. The molecular weight excluding hydrogens is 473 g/mol. The van der Waals surface area contributed by atoms with Crippen molar-refractivity contribution in [2.75, 3.05) is 5.32 Å². The van der Waals surface area contributed by atoms with E-state index in [0.29, 0.717) is 5.69 Å². The molecular formula is C28H20FN5OS. The molecule has 0 unspecified atom stereocenters. The molecule has 1 fully saturated rings. The van der Waals surface area contributed by atoms with E-state index in [1.165, 1.54) is 6.07 Å².